The lowest BCUT2D eigenvalue weighted by molar-refractivity contribution is 1.11. The van der Waals surface area contributed by atoms with E-state index in [9.17, 15) is 0 Å². The molecule has 0 saturated carbocycles. The van der Waals surface area contributed by atoms with Crippen LogP contribution in [0.4, 0.5) is 0 Å². The molecule has 0 fully saturated rings. The number of aromatic nitrogens is 2. The number of hydrogen-bond acceptors (Lipinski definition) is 1. The molecule has 1 heterocycles. The van der Waals surface area contributed by atoms with Gasteiger partial charge in [0, 0.05) is 10.9 Å². The molecule has 0 radical (unpaired) electrons. The van der Waals surface area contributed by atoms with E-state index in [0.29, 0.717) is 0 Å². The highest BCUT2D eigenvalue weighted by molar-refractivity contribution is 6.13. The first kappa shape index (κ1) is 23.9. The van der Waals surface area contributed by atoms with Gasteiger partial charge in [-0.3, -0.25) is 4.57 Å². The average molecular weight is 547 g/mol. The number of benzene rings is 8. The Hall–Kier alpha value is -5.73. The summed E-state index contributed by atoms with van der Waals surface area (Å²) in [4.78, 5) is 5.09. The van der Waals surface area contributed by atoms with Crippen LogP contribution >= 0.6 is 0 Å². The van der Waals surface area contributed by atoms with Crippen LogP contribution in [0.3, 0.4) is 0 Å². The van der Waals surface area contributed by atoms with Crippen molar-refractivity contribution in [1.29, 1.82) is 0 Å². The summed E-state index contributed by atoms with van der Waals surface area (Å²) in [5, 5.41) is 10.1. The van der Waals surface area contributed by atoms with Gasteiger partial charge in [0.15, 0.2) is 0 Å². The highest BCUT2D eigenvalue weighted by atomic mass is 15.1. The molecule has 0 atom stereocenters. The van der Waals surface area contributed by atoms with E-state index in [2.05, 4.69) is 162 Å². The summed E-state index contributed by atoms with van der Waals surface area (Å²) >= 11 is 0. The third-order valence-corrected chi connectivity index (χ3v) is 8.75. The Bertz CT molecular complexity index is 2500. The molecular weight excluding hydrogens is 520 g/mol. The minimum Gasteiger partial charge on any atom is -0.292 e. The first-order valence-corrected chi connectivity index (χ1v) is 14.7. The highest BCUT2D eigenvalue weighted by Gasteiger charge is 2.17. The first-order chi connectivity index (χ1) is 21.3. The van der Waals surface area contributed by atoms with Crippen molar-refractivity contribution >= 4 is 54.1 Å². The summed E-state index contributed by atoms with van der Waals surface area (Å²) in [6, 6.07) is 56.8. The predicted octanol–water partition coefficient (Wildman–Crippen LogP) is 11.0. The molecule has 0 aliphatic rings. The quantitative estimate of drug-likeness (QED) is 0.159. The fraction of sp³-hybridized carbons (Fsp3) is 0. The number of imidazole rings is 1. The lowest BCUT2D eigenvalue weighted by atomic mass is 9.93. The zero-order valence-electron chi connectivity index (χ0n) is 23.4. The zero-order valence-corrected chi connectivity index (χ0v) is 23.4. The molecule has 2 nitrogen and oxygen atoms in total. The van der Waals surface area contributed by atoms with Crippen molar-refractivity contribution in [2.75, 3.05) is 0 Å². The summed E-state index contributed by atoms with van der Waals surface area (Å²) in [6.07, 6.45) is 0. The maximum Gasteiger partial charge on any atom is 0.145 e. The molecule has 0 aliphatic carbocycles. The van der Waals surface area contributed by atoms with Crippen molar-refractivity contribution in [3.8, 4) is 28.2 Å². The molecule has 0 N–H and O–H groups in total. The summed E-state index contributed by atoms with van der Waals surface area (Å²) in [5.41, 5.74) is 6.76. The lowest BCUT2D eigenvalue weighted by Gasteiger charge is -2.16. The standard InChI is InChI=1S/C41H26N2/c1-2-11-28(12-3-1)41-42-38-16-8-9-17-40(38)43(41)39-23-22-34(35-14-6-7-15-36(35)39)30-21-19-29-26-37-31(25-32(29)24-30)20-18-27-10-4-5-13-33(27)37/h1-26H. The van der Waals surface area contributed by atoms with Crippen LogP contribution in [0.25, 0.3) is 82.3 Å². The van der Waals surface area contributed by atoms with Gasteiger partial charge < -0.3 is 0 Å². The van der Waals surface area contributed by atoms with E-state index in [4.69, 9.17) is 4.98 Å². The molecule has 1 aromatic heterocycles. The molecule has 0 spiro atoms. The molecule has 0 aliphatic heterocycles. The Labute approximate surface area is 249 Å². The van der Waals surface area contributed by atoms with Crippen molar-refractivity contribution in [3.05, 3.63) is 158 Å². The van der Waals surface area contributed by atoms with E-state index in [1.165, 1.54) is 54.2 Å². The normalized spacial score (nSPS) is 11.7. The second-order valence-electron chi connectivity index (χ2n) is 11.2. The van der Waals surface area contributed by atoms with E-state index in [0.717, 1.165) is 28.1 Å². The van der Waals surface area contributed by atoms with E-state index in [-0.39, 0.29) is 0 Å². The molecular formula is C41H26N2. The average Bonchev–Trinajstić information content (AvgIpc) is 3.46. The molecule has 2 heteroatoms. The largest absolute Gasteiger partial charge is 0.292 e. The van der Waals surface area contributed by atoms with Gasteiger partial charge >= 0.3 is 0 Å². The van der Waals surface area contributed by atoms with Gasteiger partial charge in [-0.25, -0.2) is 4.98 Å². The summed E-state index contributed by atoms with van der Waals surface area (Å²) in [6.45, 7) is 0. The SMILES string of the molecule is c1ccc(-c2nc3ccccc3n2-c2ccc(-c3ccc4cc5c(ccc6ccccc65)cc4c3)c3ccccc23)cc1. The van der Waals surface area contributed by atoms with Crippen LogP contribution in [0.15, 0.2) is 158 Å². The van der Waals surface area contributed by atoms with Gasteiger partial charge in [0.25, 0.3) is 0 Å². The molecule has 0 unspecified atom stereocenters. The van der Waals surface area contributed by atoms with Gasteiger partial charge in [0.05, 0.1) is 16.7 Å². The van der Waals surface area contributed by atoms with E-state index in [1.807, 2.05) is 0 Å². The van der Waals surface area contributed by atoms with Crippen LogP contribution in [0.5, 0.6) is 0 Å². The minimum absolute atomic E-state index is 0.949. The van der Waals surface area contributed by atoms with Gasteiger partial charge in [-0.1, -0.05) is 121 Å². The summed E-state index contributed by atoms with van der Waals surface area (Å²) < 4.78 is 2.31. The Morgan fingerprint density at radius 1 is 0.395 bits per heavy atom. The molecule has 0 bridgehead atoms. The van der Waals surface area contributed by atoms with Crippen LogP contribution in [-0.4, -0.2) is 9.55 Å². The number of fused-ring (bicyclic) bond motifs is 6. The second-order valence-corrected chi connectivity index (χ2v) is 11.2. The highest BCUT2D eigenvalue weighted by Crippen LogP contribution is 2.38. The minimum atomic E-state index is 0.949. The lowest BCUT2D eigenvalue weighted by Crippen LogP contribution is -1.99. The van der Waals surface area contributed by atoms with Crippen molar-refractivity contribution in [2.45, 2.75) is 0 Å². The third-order valence-electron chi connectivity index (χ3n) is 8.75. The van der Waals surface area contributed by atoms with Gasteiger partial charge in [0.1, 0.15) is 5.82 Å². The summed E-state index contributed by atoms with van der Waals surface area (Å²) in [5.74, 6) is 0.949. The van der Waals surface area contributed by atoms with E-state index >= 15 is 0 Å². The summed E-state index contributed by atoms with van der Waals surface area (Å²) in [7, 11) is 0. The van der Waals surface area contributed by atoms with Crippen LogP contribution in [0.1, 0.15) is 0 Å². The Morgan fingerprint density at radius 2 is 1.12 bits per heavy atom. The van der Waals surface area contributed by atoms with E-state index in [1.54, 1.807) is 0 Å². The molecule has 9 rings (SSSR count). The fourth-order valence-electron chi connectivity index (χ4n) is 6.70. The van der Waals surface area contributed by atoms with Gasteiger partial charge in [-0.15, -0.1) is 0 Å². The van der Waals surface area contributed by atoms with Crippen molar-refractivity contribution in [3.63, 3.8) is 0 Å². The Balaban J connectivity index is 1.25. The number of para-hydroxylation sites is 2. The topological polar surface area (TPSA) is 17.8 Å². The zero-order chi connectivity index (χ0) is 28.3. The van der Waals surface area contributed by atoms with E-state index < -0.39 is 0 Å². The Morgan fingerprint density at radius 3 is 2.02 bits per heavy atom. The van der Waals surface area contributed by atoms with Crippen LogP contribution in [0, 0.1) is 0 Å². The maximum atomic E-state index is 5.09. The van der Waals surface area contributed by atoms with Crippen LogP contribution in [-0.2, 0) is 0 Å². The maximum absolute atomic E-state index is 5.09. The molecule has 0 saturated heterocycles. The van der Waals surface area contributed by atoms with Crippen molar-refractivity contribution < 1.29 is 0 Å². The van der Waals surface area contributed by atoms with Gasteiger partial charge in [-0.05, 0) is 85.2 Å². The molecule has 0 amide bonds. The number of nitrogens with zero attached hydrogens (tertiary/aromatic N) is 2. The monoisotopic (exact) mass is 546 g/mol. The van der Waals surface area contributed by atoms with Crippen LogP contribution < -0.4 is 0 Å². The number of hydrogen-bond donors (Lipinski definition) is 0. The van der Waals surface area contributed by atoms with Crippen LogP contribution in [0.2, 0.25) is 0 Å². The smallest absolute Gasteiger partial charge is 0.145 e. The van der Waals surface area contributed by atoms with Gasteiger partial charge in [-0.2, -0.15) is 0 Å². The molecule has 43 heavy (non-hydrogen) atoms. The van der Waals surface area contributed by atoms with Crippen molar-refractivity contribution in [1.82, 2.24) is 9.55 Å². The molecule has 9 aromatic rings. The molecule has 8 aromatic carbocycles. The van der Waals surface area contributed by atoms with Crippen molar-refractivity contribution in [2.24, 2.45) is 0 Å². The Kier molecular flexibility index (Phi) is 5.23. The second kappa shape index (κ2) is 9.40. The first-order valence-electron chi connectivity index (χ1n) is 14.7. The van der Waals surface area contributed by atoms with Gasteiger partial charge in [0.2, 0.25) is 0 Å². The third kappa shape index (κ3) is 3.77. The predicted molar refractivity (Wildman–Crippen MR) is 182 cm³/mol. The number of rotatable bonds is 3. The fourth-order valence-corrected chi connectivity index (χ4v) is 6.70. The molecule has 200 valence electrons.